The standard InChI is InChI=1S/C45H36N2/c46-43(34-19-7-2-8-20-34)29-32-16-15-25-37(28-32)47-44-31-40-38-26-13-14-27-41(38)45(35-21-9-3-10-22-35,36-23-11-4-12-24-36)42(40)30-39(44)33-17-5-1-6-18-33/h1-28,30-31,43,47H,29,46H2/t43-/m1/s1. The molecule has 0 aromatic heterocycles. The zero-order valence-corrected chi connectivity index (χ0v) is 26.2. The van der Waals surface area contributed by atoms with E-state index in [4.69, 9.17) is 5.73 Å². The highest BCUT2D eigenvalue weighted by Crippen LogP contribution is 2.57. The summed E-state index contributed by atoms with van der Waals surface area (Å²) in [4.78, 5) is 0. The maximum Gasteiger partial charge on any atom is 0.0713 e. The minimum absolute atomic E-state index is 0.0630. The molecule has 1 aliphatic rings. The highest BCUT2D eigenvalue weighted by molar-refractivity contribution is 5.94. The van der Waals surface area contributed by atoms with Crippen LogP contribution in [0.25, 0.3) is 22.3 Å². The van der Waals surface area contributed by atoms with Gasteiger partial charge in [0.05, 0.1) is 5.41 Å². The van der Waals surface area contributed by atoms with Crippen LogP contribution in [0.1, 0.15) is 39.4 Å². The molecule has 1 aliphatic carbocycles. The Morgan fingerprint density at radius 3 is 1.77 bits per heavy atom. The molecule has 226 valence electrons. The maximum atomic E-state index is 6.64. The van der Waals surface area contributed by atoms with Crippen LogP contribution in [0.3, 0.4) is 0 Å². The average molecular weight is 605 g/mol. The monoisotopic (exact) mass is 604 g/mol. The molecule has 8 rings (SSSR count). The maximum absolute atomic E-state index is 6.64. The highest BCUT2D eigenvalue weighted by Gasteiger charge is 2.46. The predicted octanol–water partition coefficient (Wildman–Crippen LogP) is 10.7. The molecule has 0 spiro atoms. The minimum Gasteiger partial charge on any atom is -0.355 e. The molecule has 0 unspecified atom stereocenters. The minimum atomic E-state index is -0.454. The Balaban J connectivity index is 1.30. The van der Waals surface area contributed by atoms with Gasteiger partial charge in [-0.25, -0.2) is 0 Å². The molecule has 0 amide bonds. The van der Waals surface area contributed by atoms with Crippen molar-refractivity contribution in [1.29, 1.82) is 0 Å². The summed E-state index contributed by atoms with van der Waals surface area (Å²) in [7, 11) is 0. The molecular formula is C45H36N2. The molecule has 7 aromatic carbocycles. The largest absolute Gasteiger partial charge is 0.355 e. The number of hydrogen-bond donors (Lipinski definition) is 2. The zero-order chi connectivity index (χ0) is 31.6. The van der Waals surface area contributed by atoms with Gasteiger partial charge in [0.25, 0.3) is 0 Å². The average Bonchev–Trinajstić information content (AvgIpc) is 3.43. The summed E-state index contributed by atoms with van der Waals surface area (Å²) >= 11 is 0. The number of anilines is 2. The smallest absolute Gasteiger partial charge is 0.0713 e. The van der Waals surface area contributed by atoms with Crippen LogP contribution in [0.15, 0.2) is 182 Å². The lowest BCUT2D eigenvalue weighted by Gasteiger charge is -2.34. The number of benzene rings is 7. The molecule has 0 saturated carbocycles. The molecule has 47 heavy (non-hydrogen) atoms. The van der Waals surface area contributed by atoms with Crippen molar-refractivity contribution in [3.63, 3.8) is 0 Å². The molecular weight excluding hydrogens is 569 g/mol. The molecule has 2 nitrogen and oxygen atoms in total. The summed E-state index contributed by atoms with van der Waals surface area (Å²) in [6, 6.07) is 65.3. The molecule has 0 aliphatic heterocycles. The molecule has 0 bridgehead atoms. The van der Waals surface area contributed by atoms with Gasteiger partial charge in [-0.1, -0.05) is 158 Å². The van der Waals surface area contributed by atoms with Gasteiger partial charge in [-0.3, -0.25) is 0 Å². The summed E-state index contributed by atoms with van der Waals surface area (Å²) in [6.07, 6.45) is 0.763. The Hall–Kier alpha value is -5.70. The van der Waals surface area contributed by atoms with E-state index in [0.717, 1.165) is 23.4 Å². The molecule has 3 N–H and O–H groups in total. The van der Waals surface area contributed by atoms with Gasteiger partial charge in [0.15, 0.2) is 0 Å². The van der Waals surface area contributed by atoms with E-state index in [2.05, 4.69) is 181 Å². The molecule has 7 aromatic rings. The molecule has 0 heterocycles. The lowest BCUT2D eigenvalue weighted by Crippen LogP contribution is -2.28. The van der Waals surface area contributed by atoms with E-state index in [1.807, 2.05) is 6.07 Å². The van der Waals surface area contributed by atoms with Crippen LogP contribution in [-0.4, -0.2) is 0 Å². The first-order chi connectivity index (χ1) is 23.2. The third-order valence-electron chi connectivity index (χ3n) is 9.57. The number of nitrogens with two attached hydrogens (primary N) is 1. The van der Waals surface area contributed by atoms with Crippen molar-refractivity contribution in [3.8, 4) is 22.3 Å². The normalized spacial score (nSPS) is 13.4. The quantitative estimate of drug-likeness (QED) is 0.181. The second kappa shape index (κ2) is 12.2. The van der Waals surface area contributed by atoms with Gasteiger partial charge in [-0.05, 0) is 80.8 Å². The fourth-order valence-corrected chi connectivity index (χ4v) is 7.45. The fourth-order valence-electron chi connectivity index (χ4n) is 7.45. The van der Waals surface area contributed by atoms with Gasteiger partial charge in [0.1, 0.15) is 0 Å². The van der Waals surface area contributed by atoms with E-state index >= 15 is 0 Å². The van der Waals surface area contributed by atoms with Crippen molar-refractivity contribution in [2.75, 3.05) is 5.32 Å². The summed E-state index contributed by atoms with van der Waals surface area (Å²) in [6.45, 7) is 0. The van der Waals surface area contributed by atoms with Gasteiger partial charge in [-0.2, -0.15) is 0 Å². The first-order valence-corrected chi connectivity index (χ1v) is 16.3. The van der Waals surface area contributed by atoms with Gasteiger partial charge < -0.3 is 11.1 Å². The van der Waals surface area contributed by atoms with Crippen LogP contribution in [0.2, 0.25) is 0 Å². The van der Waals surface area contributed by atoms with E-state index in [1.165, 1.54) is 50.1 Å². The predicted molar refractivity (Wildman–Crippen MR) is 196 cm³/mol. The molecule has 1 atom stereocenters. The lowest BCUT2D eigenvalue weighted by molar-refractivity contribution is 0.722. The lowest BCUT2D eigenvalue weighted by atomic mass is 9.67. The topological polar surface area (TPSA) is 38.0 Å². The highest BCUT2D eigenvalue weighted by atomic mass is 14.9. The third-order valence-corrected chi connectivity index (χ3v) is 9.57. The molecule has 0 fully saturated rings. The van der Waals surface area contributed by atoms with Crippen LogP contribution in [-0.2, 0) is 11.8 Å². The van der Waals surface area contributed by atoms with Crippen LogP contribution in [0, 0.1) is 0 Å². The van der Waals surface area contributed by atoms with Crippen LogP contribution >= 0.6 is 0 Å². The zero-order valence-electron chi connectivity index (χ0n) is 26.2. The summed E-state index contributed by atoms with van der Waals surface area (Å²) in [5, 5.41) is 3.85. The number of fused-ring (bicyclic) bond motifs is 3. The Kier molecular flexibility index (Phi) is 7.49. The number of rotatable bonds is 8. The van der Waals surface area contributed by atoms with E-state index in [9.17, 15) is 0 Å². The van der Waals surface area contributed by atoms with E-state index < -0.39 is 5.41 Å². The molecule has 0 radical (unpaired) electrons. The Morgan fingerprint density at radius 1 is 0.489 bits per heavy atom. The van der Waals surface area contributed by atoms with E-state index in [0.29, 0.717) is 0 Å². The van der Waals surface area contributed by atoms with Crippen molar-refractivity contribution in [1.82, 2.24) is 0 Å². The van der Waals surface area contributed by atoms with Crippen molar-refractivity contribution < 1.29 is 0 Å². The SMILES string of the molecule is N[C@H](Cc1cccc(Nc2cc3c(cc2-c2ccccc2)C(c2ccccc2)(c2ccccc2)c2ccccc2-3)c1)c1ccccc1. The number of hydrogen-bond acceptors (Lipinski definition) is 2. The molecule has 2 heteroatoms. The van der Waals surface area contributed by atoms with Crippen molar-refractivity contribution in [3.05, 3.63) is 215 Å². The van der Waals surface area contributed by atoms with Gasteiger partial charge in [-0.15, -0.1) is 0 Å². The van der Waals surface area contributed by atoms with Gasteiger partial charge in [0.2, 0.25) is 0 Å². The van der Waals surface area contributed by atoms with Crippen molar-refractivity contribution in [2.24, 2.45) is 5.73 Å². The van der Waals surface area contributed by atoms with E-state index in [-0.39, 0.29) is 6.04 Å². The van der Waals surface area contributed by atoms with Gasteiger partial charge >= 0.3 is 0 Å². The van der Waals surface area contributed by atoms with Crippen LogP contribution in [0.4, 0.5) is 11.4 Å². The Bertz CT molecular complexity index is 2100. The number of nitrogens with one attached hydrogen (secondary N) is 1. The van der Waals surface area contributed by atoms with E-state index in [1.54, 1.807) is 0 Å². The first kappa shape index (κ1) is 28.8. The van der Waals surface area contributed by atoms with Crippen molar-refractivity contribution in [2.45, 2.75) is 17.9 Å². The summed E-state index contributed by atoms with van der Waals surface area (Å²) in [5.74, 6) is 0. The second-order valence-corrected chi connectivity index (χ2v) is 12.4. The van der Waals surface area contributed by atoms with Crippen LogP contribution < -0.4 is 11.1 Å². The fraction of sp³-hybridized carbons (Fsp3) is 0.0667. The Morgan fingerprint density at radius 2 is 1.09 bits per heavy atom. The second-order valence-electron chi connectivity index (χ2n) is 12.4. The summed E-state index contributed by atoms with van der Waals surface area (Å²) < 4.78 is 0. The van der Waals surface area contributed by atoms with Crippen molar-refractivity contribution >= 4 is 11.4 Å². The molecule has 0 saturated heterocycles. The third kappa shape index (κ3) is 5.13. The van der Waals surface area contributed by atoms with Crippen LogP contribution in [0.5, 0.6) is 0 Å². The Labute approximate surface area is 277 Å². The summed E-state index contributed by atoms with van der Waals surface area (Å²) in [5.41, 5.74) is 20.6. The van der Waals surface area contributed by atoms with Gasteiger partial charge in [0, 0.05) is 23.0 Å². The first-order valence-electron chi connectivity index (χ1n) is 16.3.